The first kappa shape index (κ1) is 12.3. The maximum absolute atomic E-state index is 11.8. The molecular weight excluding hydrogens is 232 g/mol. The summed E-state index contributed by atoms with van der Waals surface area (Å²) < 4.78 is 5.19. The maximum atomic E-state index is 11.8. The molecule has 0 aliphatic carbocycles. The minimum absolute atomic E-state index is 0.235. The Bertz CT molecular complexity index is 456. The summed E-state index contributed by atoms with van der Waals surface area (Å²) in [5.74, 6) is 0. The van der Waals surface area contributed by atoms with E-state index in [1.54, 1.807) is 0 Å². The summed E-state index contributed by atoms with van der Waals surface area (Å²) in [4.78, 5) is 16.0. The van der Waals surface area contributed by atoms with E-state index in [-0.39, 0.29) is 6.61 Å². The standard InChI is InChI=1S/C12H14N4O2/c13-15-14-11-7-4-8-16(11)12(17)18-9-10-5-2-1-3-6-10/h1-3,5-6,11H,4,7-9H2. The monoisotopic (exact) mass is 246 g/mol. The molecule has 1 aromatic rings. The average molecular weight is 246 g/mol. The van der Waals surface area contributed by atoms with E-state index in [1.165, 1.54) is 4.90 Å². The van der Waals surface area contributed by atoms with Crippen LogP contribution in [0.25, 0.3) is 10.4 Å². The lowest BCUT2D eigenvalue weighted by atomic mass is 10.2. The van der Waals surface area contributed by atoms with Crippen molar-refractivity contribution in [2.45, 2.75) is 25.6 Å². The number of hydrogen-bond donors (Lipinski definition) is 0. The molecule has 6 heteroatoms. The van der Waals surface area contributed by atoms with Crippen molar-refractivity contribution < 1.29 is 9.53 Å². The van der Waals surface area contributed by atoms with Gasteiger partial charge >= 0.3 is 6.09 Å². The van der Waals surface area contributed by atoms with Crippen LogP contribution in [-0.4, -0.2) is 23.7 Å². The number of likely N-dealkylation sites (tertiary alicyclic amines) is 1. The molecule has 1 aliphatic heterocycles. The SMILES string of the molecule is [N-]=[N+]=NC1CCCN1C(=O)OCc1ccccc1. The van der Waals surface area contributed by atoms with Gasteiger partial charge in [-0.1, -0.05) is 35.4 Å². The predicted octanol–water partition coefficient (Wildman–Crippen LogP) is 3.06. The molecule has 1 aliphatic rings. The summed E-state index contributed by atoms with van der Waals surface area (Å²) in [5, 5.41) is 3.59. The Morgan fingerprint density at radius 3 is 3.00 bits per heavy atom. The zero-order valence-corrected chi connectivity index (χ0v) is 9.90. The Balaban J connectivity index is 1.90. The number of amides is 1. The van der Waals surface area contributed by atoms with Gasteiger partial charge in [0, 0.05) is 11.5 Å². The lowest BCUT2D eigenvalue weighted by Crippen LogP contribution is -2.34. The average Bonchev–Trinajstić information content (AvgIpc) is 2.86. The molecule has 1 unspecified atom stereocenters. The molecule has 0 aromatic heterocycles. The van der Waals surface area contributed by atoms with Crippen LogP contribution in [0.2, 0.25) is 0 Å². The van der Waals surface area contributed by atoms with Gasteiger partial charge in [-0.2, -0.15) is 0 Å². The quantitative estimate of drug-likeness (QED) is 0.466. The van der Waals surface area contributed by atoms with Gasteiger partial charge in [0.05, 0.1) is 0 Å². The zero-order chi connectivity index (χ0) is 12.8. The van der Waals surface area contributed by atoms with Gasteiger partial charge in [-0.3, -0.25) is 4.90 Å². The van der Waals surface area contributed by atoms with E-state index in [1.807, 2.05) is 30.3 Å². The van der Waals surface area contributed by atoms with E-state index in [4.69, 9.17) is 10.3 Å². The van der Waals surface area contributed by atoms with Gasteiger partial charge in [0.1, 0.15) is 12.8 Å². The second kappa shape index (κ2) is 5.93. The van der Waals surface area contributed by atoms with Crippen molar-refractivity contribution in [3.8, 4) is 0 Å². The Morgan fingerprint density at radius 1 is 1.50 bits per heavy atom. The van der Waals surface area contributed by atoms with Crippen LogP contribution in [0.3, 0.4) is 0 Å². The smallest absolute Gasteiger partial charge is 0.410 e. The molecule has 2 rings (SSSR count). The third-order valence-electron chi connectivity index (χ3n) is 2.85. The maximum Gasteiger partial charge on any atom is 0.410 e. The highest BCUT2D eigenvalue weighted by molar-refractivity contribution is 5.68. The fourth-order valence-electron chi connectivity index (χ4n) is 1.94. The Hall–Kier alpha value is -2.20. The lowest BCUT2D eigenvalue weighted by Gasteiger charge is -2.20. The van der Waals surface area contributed by atoms with E-state index in [0.717, 1.165) is 12.0 Å². The van der Waals surface area contributed by atoms with E-state index in [0.29, 0.717) is 13.0 Å². The summed E-state index contributed by atoms with van der Waals surface area (Å²) >= 11 is 0. The molecule has 0 spiro atoms. The summed E-state index contributed by atoms with van der Waals surface area (Å²) in [6.07, 6.45) is 0.710. The molecule has 6 nitrogen and oxygen atoms in total. The van der Waals surface area contributed by atoms with Crippen molar-refractivity contribution in [1.29, 1.82) is 0 Å². The first-order valence-corrected chi connectivity index (χ1v) is 5.83. The predicted molar refractivity (Wildman–Crippen MR) is 65.5 cm³/mol. The van der Waals surface area contributed by atoms with Crippen molar-refractivity contribution in [2.75, 3.05) is 6.54 Å². The minimum Gasteiger partial charge on any atom is -0.445 e. The van der Waals surface area contributed by atoms with Crippen LogP contribution in [0.1, 0.15) is 18.4 Å². The van der Waals surface area contributed by atoms with Crippen molar-refractivity contribution in [2.24, 2.45) is 5.11 Å². The Morgan fingerprint density at radius 2 is 2.28 bits per heavy atom. The van der Waals surface area contributed by atoms with Crippen molar-refractivity contribution in [3.05, 3.63) is 46.3 Å². The van der Waals surface area contributed by atoms with E-state index in [9.17, 15) is 4.79 Å². The van der Waals surface area contributed by atoms with Crippen LogP contribution < -0.4 is 0 Å². The summed E-state index contributed by atoms with van der Waals surface area (Å²) in [5.41, 5.74) is 9.35. The first-order chi connectivity index (χ1) is 8.81. The zero-order valence-electron chi connectivity index (χ0n) is 9.90. The summed E-state index contributed by atoms with van der Waals surface area (Å²) in [6, 6.07) is 9.47. The molecule has 1 heterocycles. The molecular formula is C12H14N4O2. The lowest BCUT2D eigenvalue weighted by molar-refractivity contribution is 0.0930. The fourth-order valence-corrected chi connectivity index (χ4v) is 1.94. The topological polar surface area (TPSA) is 78.3 Å². The number of benzene rings is 1. The summed E-state index contributed by atoms with van der Waals surface area (Å²) in [7, 11) is 0. The second-order valence-corrected chi connectivity index (χ2v) is 4.06. The Labute approximate surface area is 105 Å². The first-order valence-electron chi connectivity index (χ1n) is 5.83. The highest BCUT2D eigenvalue weighted by Gasteiger charge is 2.28. The van der Waals surface area contributed by atoms with E-state index in [2.05, 4.69) is 10.0 Å². The normalized spacial score (nSPS) is 18.2. The van der Waals surface area contributed by atoms with Gasteiger partial charge in [-0.15, -0.1) is 0 Å². The molecule has 0 N–H and O–H groups in total. The van der Waals surface area contributed by atoms with Crippen LogP contribution in [0.5, 0.6) is 0 Å². The number of carbonyl (C=O) groups excluding carboxylic acids is 1. The van der Waals surface area contributed by atoms with Crippen LogP contribution in [0.4, 0.5) is 4.79 Å². The number of ether oxygens (including phenoxy) is 1. The van der Waals surface area contributed by atoms with Gasteiger partial charge in [-0.05, 0) is 23.9 Å². The number of nitrogens with zero attached hydrogens (tertiary/aromatic N) is 4. The fraction of sp³-hybridized carbons (Fsp3) is 0.417. The largest absolute Gasteiger partial charge is 0.445 e. The van der Waals surface area contributed by atoms with Gasteiger partial charge < -0.3 is 4.74 Å². The van der Waals surface area contributed by atoms with Gasteiger partial charge in [0.15, 0.2) is 0 Å². The molecule has 0 radical (unpaired) electrons. The minimum atomic E-state index is -0.422. The van der Waals surface area contributed by atoms with Crippen LogP contribution >= 0.6 is 0 Å². The molecule has 0 bridgehead atoms. The molecule has 1 amide bonds. The Kier molecular flexibility index (Phi) is 4.04. The van der Waals surface area contributed by atoms with Gasteiger partial charge in [0.2, 0.25) is 0 Å². The van der Waals surface area contributed by atoms with Gasteiger partial charge in [-0.25, -0.2) is 4.79 Å². The van der Waals surface area contributed by atoms with Crippen molar-refractivity contribution in [1.82, 2.24) is 4.90 Å². The van der Waals surface area contributed by atoms with E-state index >= 15 is 0 Å². The second-order valence-electron chi connectivity index (χ2n) is 4.06. The number of carbonyl (C=O) groups is 1. The molecule has 1 atom stereocenters. The van der Waals surface area contributed by atoms with Crippen LogP contribution in [-0.2, 0) is 11.3 Å². The molecule has 18 heavy (non-hydrogen) atoms. The number of hydrogen-bond acceptors (Lipinski definition) is 3. The van der Waals surface area contributed by atoms with Crippen LogP contribution in [0.15, 0.2) is 35.4 Å². The number of azide groups is 1. The molecule has 1 fully saturated rings. The summed E-state index contributed by atoms with van der Waals surface area (Å²) in [6.45, 7) is 0.816. The third-order valence-corrected chi connectivity index (χ3v) is 2.85. The van der Waals surface area contributed by atoms with Crippen LogP contribution in [0, 0.1) is 0 Å². The third kappa shape index (κ3) is 2.93. The molecule has 1 aromatic carbocycles. The van der Waals surface area contributed by atoms with E-state index < -0.39 is 12.3 Å². The highest BCUT2D eigenvalue weighted by Crippen LogP contribution is 2.19. The number of rotatable bonds is 3. The molecule has 94 valence electrons. The molecule has 0 saturated carbocycles. The highest BCUT2D eigenvalue weighted by atomic mass is 16.6. The van der Waals surface area contributed by atoms with Crippen molar-refractivity contribution >= 4 is 6.09 Å². The van der Waals surface area contributed by atoms with Crippen molar-refractivity contribution in [3.63, 3.8) is 0 Å². The molecule has 1 saturated heterocycles. The van der Waals surface area contributed by atoms with Gasteiger partial charge in [0.25, 0.3) is 0 Å².